The van der Waals surface area contributed by atoms with Gasteiger partial charge in [-0.25, -0.2) is 0 Å². The van der Waals surface area contributed by atoms with Gasteiger partial charge in [0, 0.05) is 43.5 Å². The topological polar surface area (TPSA) is 95.7 Å². The molecular weight excluding hydrogens is 621 g/mol. The molecule has 0 radical (unpaired) electrons. The number of alkyl halides is 3. The number of nitrogens with zero attached hydrogens (tertiary/aromatic N) is 4. The molecular formula is C34H42ClF3N4O4. The van der Waals surface area contributed by atoms with Gasteiger partial charge in [0.05, 0.1) is 27.4 Å². The van der Waals surface area contributed by atoms with Crippen LogP contribution >= 0.6 is 11.6 Å². The molecule has 1 unspecified atom stereocenters. The molecule has 2 fully saturated rings. The van der Waals surface area contributed by atoms with Gasteiger partial charge in [-0.2, -0.15) is 23.0 Å². The number of aliphatic carboxylic acids is 1. The fourth-order valence-corrected chi connectivity index (χ4v) is 7.26. The first-order chi connectivity index (χ1) is 21.8. The number of carbonyl (C=O) groups is 3. The summed E-state index contributed by atoms with van der Waals surface area (Å²) < 4.78 is 44.2. The number of hydrogen-bond acceptors (Lipinski definition) is 5. The van der Waals surface area contributed by atoms with Gasteiger partial charge in [0.1, 0.15) is 0 Å². The van der Waals surface area contributed by atoms with E-state index in [0.29, 0.717) is 43.7 Å². The van der Waals surface area contributed by atoms with E-state index in [-0.39, 0.29) is 60.2 Å². The molecule has 1 saturated carbocycles. The summed E-state index contributed by atoms with van der Waals surface area (Å²) >= 11 is 6.52. The van der Waals surface area contributed by atoms with Crippen molar-refractivity contribution in [2.45, 2.75) is 95.2 Å². The molecule has 0 spiro atoms. The van der Waals surface area contributed by atoms with Crippen molar-refractivity contribution < 1.29 is 32.7 Å². The molecule has 1 saturated heterocycles. The lowest BCUT2D eigenvalue weighted by Crippen LogP contribution is -2.40. The van der Waals surface area contributed by atoms with E-state index >= 15 is 0 Å². The fourth-order valence-electron chi connectivity index (χ4n) is 7.00. The molecule has 0 bridgehead atoms. The summed E-state index contributed by atoms with van der Waals surface area (Å²) in [4.78, 5) is 43.4. The second kappa shape index (κ2) is 13.5. The van der Waals surface area contributed by atoms with E-state index in [1.807, 2.05) is 32.0 Å². The monoisotopic (exact) mass is 662 g/mol. The standard InChI is InChI=1S/C34H42ClF3N4O4/c1-4-5-8-21(9-6-12-28(43)44)30-24-14-13-22(31(45)41-18-15-23(20-41)40(2)3)19-27(24)42(39-30)32(46)29-25(10-7-11-26(29)35)33(16-17-33)34(36,37)38/h7,9-11,22-23H,4-6,8,12-20H2,1-3H3,(H,43,44)/b21-9+/t22?,23-/m1/s1. The Morgan fingerprint density at radius 1 is 1.17 bits per heavy atom. The maximum atomic E-state index is 14.4. The summed E-state index contributed by atoms with van der Waals surface area (Å²) in [5.41, 5.74) is 0.137. The van der Waals surface area contributed by atoms with Gasteiger partial charge in [0.25, 0.3) is 5.91 Å². The number of rotatable bonds is 11. The highest BCUT2D eigenvalue weighted by atomic mass is 35.5. The number of halogens is 4. The largest absolute Gasteiger partial charge is 0.481 e. The molecule has 1 amide bonds. The van der Waals surface area contributed by atoms with Crippen molar-refractivity contribution in [3.05, 3.63) is 57.4 Å². The van der Waals surface area contributed by atoms with Gasteiger partial charge in [-0.1, -0.05) is 43.2 Å². The van der Waals surface area contributed by atoms with E-state index in [1.54, 1.807) is 0 Å². The van der Waals surface area contributed by atoms with Crippen LogP contribution in [0.25, 0.3) is 5.57 Å². The van der Waals surface area contributed by atoms with Crippen molar-refractivity contribution in [3.63, 3.8) is 0 Å². The average molecular weight is 663 g/mol. The van der Waals surface area contributed by atoms with Crippen molar-refractivity contribution >= 4 is 35.0 Å². The normalized spacial score (nSPS) is 21.0. The Balaban J connectivity index is 1.58. The third-order valence-electron chi connectivity index (χ3n) is 9.91. The molecule has 46 heavy (non-hydrogen) atoms. The minimum absolute atomic E-state index is 0.00685. The SMILES string of the molecule is CCCC/C(=C\CCC(=O)O)c1nn(C(=O)c2c(Cl)cccc2C2(C(F)(F)F)CC2)c2c1CCC(C(=O)N1CC[C@@H](N(C)C)C1)C2. The van der Waals surface area contributed by atoms with Crippen molar-refractivity contribution in [2.24, 2.45) is 5.92 Å². The molecule has 2 aromatic rings. The van der Waals surface area contributed by atoms with Crippen LogP contribution in [0.15, 0.2) is 24.3 Å². The summed E-state index contributed by atoms with van der Waals surface area (Å²) in [5, 5.41) is 13.9. The Morgan fingerprint density at radius 3 is 2.52 bits per heavy atom. The molecule has 2 atom stereocenters. The molecule has 2 heterocycles. The van der Waals surface area contributed by atoms with Gasteiger partial charge in [-0.3, -0.25) is 14.4 Å². The quantitative estimate of drug-likeness (QED) is 0.294. The number of fused-ring (bicyclic) bond motifs is 1. The van der Waals surface area contributed by atoms with Crippen molar-refractivity contribution in [1.82, 2.24) is 19.6 Å². The zero-order chi connectivity index (χ0) is 33.4. The zero-order valence-electron chi connectivity index (χ0n) is 26.6. The number of aromatic nitrogens is 2. The lowest BCUT2D eigenvalue weighted by atomic mass is 9.84. The van der Waals surface area contributed by atoms with E-state index < -0.39 is 29.4 Å². The lowest BCUT2D eigenvalue weighted by molar-refractivity contribution is -0.160. The molecule has 1 N–H and O–H groups in total. The summed E-state index contributed by atoms with van der Waals surface area (Å²) in [5.74, 6) is -2.08. The predicted octanol–water partition coefficient (Wildman–Crippen LogP) is 6.52. The molecule has 3 aliphatic rings. The number of likely N-dealkylation sites (tertiary alicyclic amines) is 1. The van der Waals surface area contributed by atoms with Crippen LogP contribution in [0.3, 0.4) is 0 Å². The summed E-state index contributed by atoms with van der Waals surface area (Å²) in [6.07, 6.45) is 1.61. The third-order valence-corrected chi connectivity index (χ3v) is 10.2. The molecule has 1 aromatic heterocycles. The maximum absolute atomic E-state index is 14.4. The van der Waals surface area contributed by atoms with Crippen LogP contribution in [0.1, 0.15) is 97.6 Å². The molecule has 12 heteroatoms. The Morgan fingerprint density at radius 2 is 1.91 bits per heavy atom. The summed E-state index contributed by atoms with van der Waals surface area (Å²) in [7, 11) is 3.98. The number of carboxylic acids is 1. The first-order valence-electron chi connectivity index (χ1n) is 16.2. The van der Waals surface area contributed by atoms with Crippen molar-refractivity contribution in [3.8, 4) is 0 Å². The smallest absolute Gasteiger partial charge is 0.398 e. The van der Waals surface area contributed by atoms with E-state index in [2.05, 4.69) is 4.90 Å². The summed E-state index contributed by atoms with van der Waals surface area (Å²) in [6.45, 7) is 3.30. The van der Waals surface area contributed by atoms with Crippen LogP contribution in [0, 0.1) is 5.92 Å². The van der Waals surface area contributed by atoms with Gasteiger partial charge in [0.15, 0.2) is 0 Å². The number of carboxylic acid groups (broad SMARTS) is 1. The zero-order valence-corrected chi connectivity index (χ0v) is 27.4. The third kappa shape index (κ3) is 6.63. The maximum Gasteiger partial charge on any atom is 0.398 e. The number of carbonyl (C=O) groups excluding carboxylic acids is 2. The van der Waals surface area contributed by atoms with Gasteiger partial charge >= 0.3 is 12.1 Å². The minimum Gasteiger partial charge on any atom is -0.481 e. The van der Waals surface area contributed by atoms with Crippen LogP contribution in [-0.2, 0) is 27.8 Å². The van der Waals surface area contributed by atoms with Crippen molar-refractivity contribution in [1.29, 1.82) is 0 Å². The first-order valence-corrected chi connectivity index (χ1v) is 16.5. The predicted molar refractivity (Wildman–Crippen MR) is 169 cm³/mol. The number of allylic oxidation sites excluding steroid dienone is 2. The van der Waals surface area contributed by atoms with Gasteiger partial charge in [-0.15, -0.1) is 0 Å². The average Bonchev–Trinajstić information content (AvgIpc) is 3.53. The number of amides is 1. The van der Waals surface area contributed by atoms with Crippen molar-refractivity contribution in [2.75, 3.05) is 27.2 Å². The Labute approximate surface area is 272 Å². The van der Waals surface area contributed by atoms with Gasteiger partial charge < -0.3 is 14.9 Å². The lowest BCUT2D eigenvalue weighted by Gasteiger charge is -2.28. The highest BCUT2D eigenvalue weighted by molar-refractivity contribution is 6.34. The first kappa shape index (κ1) is 34.2. The Bertz CT molecular complexity index is 1530. The Kier molecular flexibility index (Phi) is 10.0. The summed E-state index contributed by atoms with van der Waals surface area (Å²) in [6, 6.07) is 4.45. The molecule has 1 aliphatic heterocycles. The minimum atomic E-state index is -4.56. The number of benzene rings is 1. The second-order valence-corrected chi connectivity index (χ2v) is 13.5. The van der Waals surface area contributed by atoms with Crippen LogP contribution in [0.4, 0.5) is 13.2 Å². The van der Waals surface area contributed by atoms with Crippen LogP contribution in [0.5, 0.6) is 0 Å². The fraction of sp³-hybridized carbons (Fsp3) is 0.588. The van der Waals surface area contributed by atoms with E-state index in [9.17, 15) is 32.7 Å². The highest BCUT2D eigenvalue weighted by Crippen LogP contribution is 2.60. The van der Waals surface area contributed by atoms with Crippen LogP contribution in [0.2, 0.25) is 5.02 Å². The van der Waals surface area contributed by atoms with E-state index in [0.717, 1.165) is 30.4 Å². The number of likely N-dealkylation sites (N-methyl/N-ethyl adjacent to an activating group) is 1. The molecule has 8 nitrogen and oxygen atoms in total. The molecule has 250 valence electrons. The van der Waals surface area contributed by atoms with Gasteiger partial charge in [-0.05, 0) is 82.7 Å². The van der Waals surface area contributed by atoms with E-state index in [1.165, 1.54) is 22.9 Å². The molecule has 5 rings (SSSR count). The molecule has 2 aliphatic carbocycles. The highest BCUT2D eigenvalue weighted by Gasteiger charge is 2.65. The number of unbranched alkanes of at least 4 members (excludes halogenated alkanes) is 1. The Hall–Kier alpha value is -3.18. The second-order valence-electron chi connectivity index (χ2n) is 13.1. The van der Waals surface area contributed by atoms with E-state index in [4.69, 9.17) is 16.7 Å². The number of hydrogen-bond donors (Lipinski definition) is 1. The van der Waals surface area contributed by atoms with Crippen LogP contribution < -0.4 is 0 Å². The van der Waals surface area contributed by atoms with Crippen LogP contribution in [-0.4, -0.2) is 81.9 Å². The molecule has 1 aromatic carbocycles. The van der Waals surface area contributed by atoms with Gasteiger partial charge in [0.2, 0.25) is 5.91 Å².